The van der Waals surface area contributed by atoms with Crippen molar-refractivity contribution in [1.82, 2.24) is 25.6 Å². The monoisotopic (exact) mass is 881 g/mol. The Bertz CT molecular complexity index is 1860. The number of nitrogens with one attached hydrogen (secondary N) is 4. The van der Waals surface area contributed by atoms with Crippen LogP contribution < -0.4 is 20.7 Å². The lowest BCUT2D eigenvalue weighted by molar-refractivity contribution is 0.0159. The molecule has 1 heterocycles. The number of carbonyl (C=O) groups is 2. The third-order valence-electron chi connectivity index (χ3n) is 9.04. The van der Waals surface area contributed by atoms with Crippen LogP contribution >= 0.6 is 23.2 Å². The van der Waals surface area contributed by atoms with E-state index in [0.717, 1.165) is 23.2 Å². The second kappa shape index (κ2) is 26.9. The van der Waals surface area contributed by atoms with Gasteiger partial charge in [0.2, 0.25) is 10.0 Å². The van der Waals surface area contributed by atoms with E-state index in [1.54, 1.807) is 42.5 Å². The molecule has 1 atom stereocenters. The van der Waals surface area contributed by atoms with E-state index in [0.29, 0.717) is 100 Å². The van der Waals surface area contributed by atoms with Gasteiger partial charge in [0.15, 0.2) is 0 Å². The van der Waals surface area contributed by atoms with Crippen LogP contribution in [0.5, 0.6) is 0 Å². The molecule has 15 nitrogen and oxygen atoms in total. The van der Waals surface area contributed by atoms with E-state index in [9.17, 15) is 18.0 Å². The number of sulfonamides is 1. The fourth-order valence-corrected chi connectivity index (χ4v) is 7.73. The van der Waals surface area contributed by atoms with Crippen molar-refractivity contribution in [3.63, 3.8) is 0 Å². The van der Waals surface area contributed by atoms with E-state index in [1.807, 2.05) is 26.2 Å². The predicted octanol–water partition coefficient (Wildman–Crippen LogP) is 3.33. The van der Waals surface area contributed by atoms with Crippen LogP contribution in [0.15, 0.2) is 65.6 Å². The minimum absolute atomic E-state index is 0.0829. The minimum Gasteiger partial charge on any atom is -0.378 e. The van der Waals surface area contributed by atoms with Gasteiger partial charge in [-0.15, -0.1) is 0 Å². The number of rotatable bonds is 29. The fourth-order valence-electron chi connectivity index (χ4n) is 6.10. The summed E-state index contributed by atoms with van der Waals surface area (Å²) in [6.45, 7) is 7.39. The van der Waals surface area contributed by atoms with Gasteiger partial charge in [0.25, 0.3) is 11.8 Å². The minimum atomic E-state index is -3.77. The van der Waals surface area contributed by atoms with Gasteiger partial charge in [0.1, 0.15) is 0 Å². The van der Waals surface area contributed by atoms with E-state index in [-0.39, 0.29) is 55.5 Å². The molecule has 1 aliphatic rings. The number of hydrogen-bond acceptors (Lipinski definition) is 12. The zero-order valence-corrected chi connectivity index (χ0v) is 36.1. The number of likely N-dealkylation sites (N-methyl/N-ethyl adjacent to an activating group) is 2. The van der Waals surface area contributed by atoms with Gasteiger partial charge in [0, 0.05) is 66.4 Å². The molecule has 3 aromatic rings. The Kier molecular flexibility index (Phi) is 22.1. The lowest BCUT2D eigenvalue weighted by Gasteiger charge is -2.33. The average molecular weight is 883 g/mol. The molecule has 4 N–H and O–H groups in total. The summed E-state index contributed by atoms with van der Waals surface area (Å²) in [6.07, 6.45) is 0. The zero-order chi connectivity index (χ0) is 42.3. The van der Waals surface area contributed by atoms with E-state index >= 15 is 0 Å². The Morgan fingerprint density at radius 1 is 0.678 bits per heavy atom. The number of ether oxygens (including phenoxy) is 6. The van der Waals surface area contributed by atoms with Crippen molar-refractivity contribution >= 4 is 45.0 Å². The first kappa shape index (κ1) is 48.4. The molecule has 0 saturated carbocycles. The summed E-state index contributed by atoms with van der Waals surface area (Å²) in [4.78, 5) is 27.5. The number of benzene rings is 3. The third-order valence-corrected chi connectivity index (χ3v) is 11.1. The molecule has 0 saturated heterocycles. The van der Waals surface area contributed by atoms with Gasteiger partial charge in [-0.3, -0.25) is 9.59 Å². The Hall–Kier alpha value is -3.23. The summed E-state index contributed by atoms with van der Waals surface area (Å²) >= 11 is 12.8. The van der Waals surface area contributed by atoms with Crippen LogP contribution in [0.1, 0.15) is 43.3 Å². The highest BCUT2D eigenvalue weighted by Crippen LogP contribution is 2.38. The first-order chi connectivity index (χ1) is 28.6. The summed E-state index contributed by atoms with van der Waals surface area (Å²) in [7, 11) is 0.0995. The molecule has 0 aliphatic carbocycles. The van der Waals surface area contributed by atoms with Gasteiger partial charge in [-0.25, -0.2) is 13.1 Å². The molecule has 0 radical (unpaired) electrons. The van der Waals surface area contributed by atoms with Crippen molar-refractivity contribution in [2.45, 2.75) is 17.4 Å². The Morgan fingerprint density at radius 2 is 1.19 bits per heavy atom. The van der Waals surface area contributed by atoms with Crippen LogP contribution in [-0.2, 0) is 45.0 Å². The summed E-state index contributed by atoms with van der Waals surface area (Å²) in [5, 5.41) is 9.71. The summed E-state index contributed by atoms with van der Waals surface area (Å²) < 4.78 is 61.7. The second-order valence-corrected chi connectivity index (χ2v) is 16.2. The molecule has 0 bridgehead atoms. The lowest BCUT2D eigenvalue weighted by atomic mass is 9.85. The van der Waals surface area contributed by atoms with Crippen molar-refractivity contribution < 1.29 is 46.4 Å². The molecule has 326 valence electrons. The molecule has 59 heavy (non-hydrogen) atoms. The lowest BCUT2D eigenvalue weighted by Crippen LogP contribution is -2.31. The maximum Gasteiger partial charge on any atom is 0.251 e. The number of nitrogens with zero attached hydrogens (tertiary/aromatic N) is 1. The predicted molar refractivity (Wildman–Crippen MR) is 226 cm³/mol. The fraction of sp³-hybridized carbons (Fsp3) is 0.512. The van der Waals surface area contributed by atoms with Crippen LogP contribution in [-0.4, -0.2) is 151 Å². The molecule has 1 unspecified atom stereocenters. The summed E-state index contributed by atoms with van der Waals surface area (Å²) in [5.41, 5.74) is 3.59. The average Bonchev–Trinajstić information content (AvgIpc) is 3.22. The Morgan fingerprint density at radius 3 is 1.75 bits per heavy atom. The number of hydrogen-bond donors (Lipinski definition) is 4. The van der Waals surface area contributed by atoms with E-state index in [2.05, 4.69) is 25.6 Å². The molecule has 18 heteroatoms. The smallest absolute Gasteiger partial charge is 0.251 e. The van der Waals surface area contributed by atoms with Crippen molar-refractivity contribution in [2.75, 3.05) is 126 Å². The van der Waals surface area contributed by atoms with Crippen LogP contribution in [0, 0.1) is 0 Å². The number of amides is 2. The Labute approximate surface area is 357 Å². The van der Waals surface area contributed by atoms with Gasteiger partial charge in [-0.05, 0) is 73.3 Å². The molecule has 4 rings (SSSR count). The summed E-state index contributed by atoms with van der Waals surface area (Å²) in [5.74, 6) is -0.707. The molecule has 3 aromatic carbocycles. The van der Waals surface area contributed by atoms with Gasteiger partial charge in [-0.1, -0.05) is 41.4 Å². The van der Waals surface area contributed by atoms with Crippen LogP contribution in [0.4, 0.5) is 0 Å². The Balaban J connectivity index is 1.00. The van der Waals surface area contributed by atoms with Crippen molar-refractivity contribution in [3.05, 3.63) is 98.5 Å². The molecule has 0 fully saturated rings. The van der Waals surface area contributed by atoms with Crippen molar-refractivity contribution in [2.24, 2.45) is 0 Å². The van der Waals surface area contributed by atoms with Crippen LogP contribution in [0.2, 0.25) is 10.0 Å². The van der Waals surface area contributed by atoms with Gasteiger partial charge in [-0.2, -0.15) is 0 Å². The van der Waals surface area contributed by atoms with Crippen LogP contribution in [0.25, 0.3) is 0 Å². The van der Waals surface area contributed by atoms with Crippen molar-refractivity contribution in [3.8, 4) is 0 Å². The number of carbonyl (C=O) groups excluding carboxylic acids is 2. The third kappa shape index (κ3) is 17.3. The normalized spacial score (nSPS) is 14.3. The molecule has 0 aromatic heterocycles. The largest absolute Gasteiger partial charge is 0.378 e. The highest BCUT2D eigenvalue weighted by atomic mass is 35.5. The standard InChI is InChI=1S/C41H57Cl2N5O10S/c1-44-9-13-53-17-21-57-22-18-54-14-10-45-40(49)32-6-3-7-33(25-32)41(50)46-11-15-55-19-23-58-24-20-56-16-12-47-59(51,52)35-8-4-5-31(26-35)37-29-48(2)30-38-36(37)27-34(42)28-39(38)43/h3-8,25-28,37,44,47H,9-24,29-30H2,1-2H3,(H,45,49)(H,46,50). The summed E-state index contributed by atoms with van der Waals surface area (Å²) in [6, 6.07) is 17.0. The highest BCUT2D eigenvalue weighted by molar-refractivity contribution is 7.89. The zero-order valence-electron chi connectivity index (χ0n) is 33.8. The second-order valence-electron chi connectivity index (χ2n) is 13.5. The highest BCUT2D eigenvalue weighted by Gasteiger charge is 2.28. The van der Waals surface area contributed by atoms with E-state index in [1.165, 1.54) is 6.07 Å². The molecule has 1 aliphatic heterocycles. The maximum absolute atomic E-state index is 13.1. The molecular formula is C41H57Cl2N5O10S. The van der Waals surface area contributed by atoms with Crippen LogP contribution in [0.3, 0.4) is 0 Å². The van der Waals surface area contributed by atoms with E-state index in [4.69, 9.17) is 51.6 Å². The quantitative estimate of drug-likeness (QED) is 0.0751. The van der Waals surface area contributed by atoms with Gasteiger partial charge < -0.3 is 49.3 Å². The van der Waals surface area contributed by atoms with Gasteiger partial charge >= 0.3 is 0 Å². The molecule has 0 spiro atoms. The SMILES string of the molecule is CNCCOCCOCCOCCNC(=O)c1cccc(C(=O)NCCOCCOCCOCCNS(=O)(=O)c2cccc(C3CN(C)Cc4c(Cl)cc(Cl)cc43)c2)c1. The molecular weight excluding hydrogens is 825 g/mol. The molecule has 2 amide bonds. The van der Waals surface area contributed by atoms with Crippen molar-refractivity contribution in [1.29, 1.82) is 0 Å². The topological polar surface area (TPSA) is 175 Å². The first-order valence-corrected chi connectivity index (χ1v) is 21.9. The maximum atomic E-state index is 13.1. The number of fused-ring (bicyclic) bond motifs is 1. The van der Waals surface area contributed by atoms with Gasteiger partial charge in [0.05, 0.1) is 84.2 Å². The first-order valence-electron chi connectivity index (χ1n) is 19.6. The van der Waals surface area contributed by atoms with E-state index < -0.39 is 10.0 Å². The number of halogens is 2.